The van der Waals surface area contributed by atoms with Gasteiger partial charge in [0.2, 0.25) is 0 Å². The Bertz CT molecular complexity index is 1120. The summed E-state index contributed by atoms with van der Waals surface area (Å²) in [5.74, 6) is 1.82. The summed E-state index contributed by atoms with van der Waals surface area (Å²) in [5.41, 5.74) is 10.6. The minimum Gasteiger partial charge on any atom is -0.376 e. The van der Waals surface area contributed by atoms with Gasteiger partial charge in [-0.1, -0.05) is 11.6 Å². The van der Waals surface area contributed by atoms with Gasteiger partial charge in [-0.2, -0.15) is 0 Å². The number of rotatable bonds is 3. The summed E-state index contributed by atoms with van der Waals surface area (Å²) >= 11 is 6.67. The molecule has 7 nitrogen and oxygen atoms in total. The Labute approximate surface area is 187 Å². The van der Waals surface area contributed by atoms with E-state index >= 15 is 0 Å². The Morgan fingerprint density at radius 1 is 1.26 bits per heavy atom. The van der Waals surface area contributed by atoms with Gasteiger partial charge in [0.1, 0.15) is 17.3 Å². The van der Waals surface area contributed by atoms with Crippen molar-refractivity contribution in [2.24, 2.45) is 11.1 Å². The number of halogens is 1. The zero-order valence-corrected chi connectivity index (χ0v) is 19.0. The molecule has 31 heavy (non-hydrogen) atoms. The number of hydrogen-bond acceptors (Lipinski definition) is 6. The van der Waals surface area contributed by atoms with Crippen LogP contribution in [0.25, 0.3) is 16.8 Å². The van der Waals surface area contributed by atoms with Crippen LogP contribution in [0.4, 0.5) is 11.6 Å². The SMILES string of the molecule is CNc1nccc(-c2c(C)cc(N3CCC4(CC3)COC(C)C4N)n3ccnc23)c1Cl. The Hall–Kier alpha value is -2.35. The largest absolute Gasteiger partial charge is 0.376 e. The third-order valence-corrected chi connectivity index (χ3v) is 7.56. The molecule has 0 radical (unpaired) electrons. The van der Waals surface area contributed by atoms with E-state index in [9.17, 15) is 0 Å². The van der Waals surface area contributed by atoms with Crippen molar-refractivity contribution in [1.82, 2.24) is 14.4 Å². The molecule has 0 amide bonds. The normalized spacial score (nSPS) is 23.1. The molecule has 2 aliphatic rings. The van der Waals surface area contributed by atoms with Crippen LogP contribution in [0.15, 0.2) is 30.7 Å². The van der Waals surface area contributed by atoms with Crippen molar-refractivity contribution in [3.05, 3.63) is 41.3 Å². The molecule has 1 spiro atoms. The summed E-state index contributed by atoms with van der Waals surface area (Å²) in [4.78, 5) is 11.5. The van der Waals surface area contributed by atoms with E-state index < -0.39 is 0 Å². The first kappa shape index (κ1) is 20.5. The van der Waals surface area contributed by atoms with Crippen LogP contribution in [0.5, 0.6) is 0 Å². The van der Waals surface area contributed by atoms with E-state index in [0.717, 1.165) is 60.7 Å². The maximum atomic E-state index is 6.67. The molecule has 3 N–H and O–H groups in total. The molecular weight excluding hydrogens is 412 g/mol. The number of aromatic nitrogens is 3. The first-order chi connectivity index (χ1) is 14.9. The molecule has 5 heterocycles. The summed E-state index contributed by atoms with van der Waals surface area (Å²) in [6.45, 7) is 6.89. The van der Waals surface area contributed by atoms with Crippen LogP contribution in [-0.2, 0) is 4.74 Å². The van der Waals surface area contributed by atoms with Gasteiger partial charge in [0.15, 0.2) is 0 Å². The van der Waals surface area contributed by atoms with E-state index in [-0.39, 0.29) is 17.6 Å². The topological polar surface area (TPSA) is 80.7 Å². The Morgan fingerprint density at radius 3 is 2.71 bits per heavy atom. The van der Waals surface area contributed by atoms with Crippen LogP contribution in [-0.4, -0.2) is 53.3 Å². The van der Waals surface area contributed by atoms with Crippen LogP contribution in [0.2, 0.25) is 5.02 Å². The molecule has 2 unspecified atom stereocenters. The molecule has 8 heteroatoms. The average molecular weight is 441 g/mol. The van der Waals surface area contributed by atoms with Crippen molar-refractivity contribution < 1.29 is 4.74 Å². The number of anilines is 2. The fraction of sp³-hybridized carbons (Fsp3) is 0.478. The second kappa shape index (κ2) is 7.65. The number of aryl methyl sites for hydroxylation is 1. The van der Waals surface area contributed by atoms with Crippen LogP contribution in [0.3, 0.4) is 0 Å². The van der Waals surface area contributed by atoms with Gasteiger partial charge in [0, 0.05) is 61.3 Å². The summed E-state index contributed by atoms with van der Waals surface area (Å²) in [6, 6.07) is 4.31. The number of ether oxygens (including phenoxy) is 1. The van der Waals surface area contributed by atoms with Crippen molar-refractivity contribution in [3.8, 4) is 11.1 Å². The van der Waals surface area contributed by atoms with Crippen LogP contribution >= 0.6 is 11.6 Å². The molecule has 0 aliphatic carbocycles. The Balaban J connectivity index is 1.52. The van der Waals surface area contributed by atoms with Gasteiger partial charge >= 0.3 is 0 Å². The molecule has 0 saturated carbocycles. The molecule has 3 aromatic rings. The molecule has 2 aliphatic heterocycles. The smallest absolute Gasteiger partial charge is 0.146 e. The lowest BCUT2D eigenvalue weighted by Crippen LogP contribution is -2.50. The van der Waals surface area contributed by atoms with Gasteiger partial charge in [-0.3, -0.25) is 4.40 Å². The highest BCUT2D eigenvalue weighted by Crippen LogP contribution is 2.43. The first-order valence-corrected chi connectivity index (χ1v) is 11.2. The Morgan fingerprint density at radius 2 is 2.03 bits per heavy atom. The second-order valence-electron chi connectivity index (χ2n) is 8.84. The van der Waals surface area contributed by atoms with Crippen LogP contribution in [0.1, 0.15) is 25.3 Å². The van der Waals surface area contributed by atoms with E-state index in [1.807, 2.05) is 25.5 Å². The zero-order chi connectivity index (χ0) is 21.8. The van der Waals surface area contributed by atoms with E-state index in [4.69, 9.17) is 27.1 Å². The number of imidazole rings is 1. The van der Waals surface area contributed by atoms with Gasteiger partial charge in [-0.15, -0.1) is 0 Å². The molecule has 2 fully saturated rings. The number of nitrogens with zero attached hydrogens (tertiary/aromatic N) is 4. The Kier molecular flexibility index (Phi) is 5.07. The molecular formula is C23H29ClN6O. The number of nitrogens with one attached hydrogen (secondary N) is 1. The van der Waals surface area contributed by atoms with E-state index in [2.05, 4.69) is 39.5 Å². The highest BCUT2D eigenvalue weighted by atomic mass is 35.5. The lowest BCUT2D eigenvalue weighted by atomic mass is 9.73. The molecule has 5 rings (SSSR count). The maximum absolute atomic E-state index is 6.67. The number of hydrogen-bond donors (Lipinski definition) is 2. The predicted octanol–water partition coefficient (Wildman–Crippen LogP) is 3.73. The van der Waals surface area contributed by atoms with Gasteiger partial charge in [-0.05, 0) is 44.4 Å². The lowest BCUT2D eigenvalue weighted by Gasteiger charge is -2.42. The van der Waals surface area contributed by atoms with E-state index in [0.29, 0.717) is 10.8 Å². The zero-order valence-electron chi connectivity index (χ0n) is 18.2. The van der Waals surface area contributed by atoms with Crippen molar-refractivity contribution in [1.29, 1.82) is 0 Å². The van der Waals surface area contributed by atoms with Gasteiger partial charge in [0.05, 0.1) is 17.7 Å². The summed E-state index contributed by atoms with van der Waals surface area (Å²) in [5, 5.41) is 3.67. The predicted molar refractivity (Wildman–Crippen MR) is 125 cm³/mol. The molecule has 0 aromatic carbocycles. The maximum Gasteiger partial charge on any atom is 0.146 e. The summed E-state index contributed by atoms with van der Waals surface area (Å²) in [6.07, 6.45) is 7.87. The lowest BCUT2D eigenvalue weighted by molar-refractivity contribution is 0.0974. The molecule has 2 atom stereocenters. The standard InChI is InChI=1S/C23H29ClN6O/c1-14-12-17(29-9-5-23(6-10-29)13-31-15(2)20(23)25)30-11-8-28-22(30)18(14)16-4-7-27-21(26-3)19(16)24/h4,7-8,11-12,15,20H,5-6,9-10,13,25H2,1-3H3,(H,26,27). The average Bonchev–Trinajstić information content (AvgIpc) is 3.36. The van der Waals surface area contributed by atoms with Crippen molar-refractivity contribution >= 4 is 28.9 Å². The monoisotopic (exact) mass is 440 g/mol. The highest BCUT2D eigenvalue weighted by molar-refractivity contribution is 6.36. The molecule has 2 saturated heterocycles. The summed E-state index contributed by atoms with van der Waals surface area (Å²) < 4.78 is 8.06. The second-order valence-corrected chi connectivity index (χ2v) is 9.22. The fourth-order valence-corrected chi connectivity index (χ4v) is 5.53. The summed E-state index contributed by atoms with van der Waals surface area (Å²) in [7, 11) is 1.82. The van der Waals surface area contributed by atoms with Crippen molar-refractivity contribution in [3.63, 3.8) is 0 Å². The van der Waals surface area contributed by atoms with E-state index in [1.54, 1.807) is 6.20 Å². The van der Waals surface area contributed by atoms with E-state index in [1.165, 1.54) is 0 Å². The third kappa shape index (κ3) is 3.18. The third-order valence-electron chi connectivity index (χ3n) is 7.18. The number of fused-ring (bicyclic) bond motifs is 1. The fourth-order valence-electron chi connectivity index (χ4n) is 5.23. The van der Waals surface area contributed by atoms with Crippen LogP contribution < -0.4 is 16.0 Å². The molecule has 164 valence electrons. The molecule has 3 aromatic heterocycles. The van der Waals surface area contributed by atoms with Gasteiger partial charge in [0.25, 0.3) is 0 Å². The minimum absolute atomic E-state index is 0.104. The van der Waals surface area contributed by atoms with Gasteiger partial charge < -0.3 is 20.7 Å². The minimum atomic E-state index is 0.104. The van der Waals surface area contributed by atoms with Gasteiger partial charge in [-0.25, -0.2) is 9.97 Å². The van der Waals surface area contributed by atoms with Crippen molar-refractivity contribution in [2.45, 2.75) is 38.8 Å². The number of pyridine rings is 2. The quantitative estimate of drug-likeness (QED) is 0.645. The molecule has 0 bridgehead atoms. The first-order valence-electron chi connectivity index (χ1n) is 10.9. The number of nitrogens with two attached hydrogens (primary N) is 1. The number of piperidine rings is 1. The van der Waals surface area contributed by atoms with Crippen molar-refractivity contribution in [2.75, 3.05) is 37.0 Å². The highest BCUT2D eigenvalue weighted by Gasteiger charge is 2.47. The van der Waals surface area contributed by atoms with Crippen LogP contribution in [0, 0.1) is 12.3 Å².